The van der Waals surface area contributed by atoms with Crippen LogP contribution in [0.1, 0.15) is 45.8 Å². The van der Waals surface area contributed by atoms with Gasteiger partial charge in [0.05, 0.1) is 6.10 Å². The lowest BCUT2D eigenvalue weighted by molar-refractivity contribution is -0.0536. The summed E-state index contributed by atoms with van der Waals surface area (Å²) in [5, 5.41) is 0. The fraction of sp³-hybridized carbons (Fsp3) is 0.643. The molecular weight excluding hydrogens is 248 g/mol. The minimum atomic E-state index is -0.204. The zero-order valence-corrected chi connectivity index (χ0v) is 12.0. The highest BCUT2D eigenvalue weighted by atomic mass is 32.1. The second-order valence-corrected chi connectivity index (χ2v) is 6.11. The number of esters is 1. The molecule has 1 aliphatic carbocycles. The molecule has 1 aromatic heterocycles. The van der Waals surface area contributed by atoms with Crippen LogP contribution >= 0.6 is 11.3 Å². The Morgan fingerprint density at radius 1 is 1.28 bits per heavy atom. The van der Waals surface area contributed by atoms with Crippen LogP contribution in [-0.2, 0) is 9.47 Å². The van der Waals surface area contributed by atoms with Crippen LogP contribution in [-0.4, -0.2) is 25.3 Å². The molecule has 0 radical (unpaired) electrons. The molecule has 2 atom stereocenters. The van der Waals surface area contributed by atoms with Gasteiger partial charge in [-0.05, 0) is 44.7 Å². The van der Waals surface area contributed by atoms with Crippen molar-refractivity contribution in [2.45, 2.75) is 51.7 Å². The first-order chi connectivity index (χ1) is 8.61. The van der Waals surface area contributed by atoms with Crippen molar-refractivity contribution in [1.29, 1.82) is 0 Å². The molecule has 3 nitrogen and oxygen atoms in total. The van der Waals surface area contributed by atoms with E-state index in [1.165, 1.54) is 16.2 Å². The van der Waals surface area contributed by atoms with Crippen LogP contribution in [0.15, 0.2) is 6.07 Å². The monoisotopic (exact) mass is 268 g/mol. The van der Waals surface area contributed by atoms with E-state index in [0.717, 1.165) is 31.2 Å². The van der Waals surface area contributed by atoms with Crippen molar-refractivity contribution in [2.75, 3.05) is 7.11 Å². The average molecular weight is 268 g/mol. The Bertz CT molecular complexity index is 405. The van der Waals surface area contributed by atoms with Crippen molar-refractivity contribution >= 4 is 17.3 Å². The number of carbonyl (C=O) groups excluding carboxylic acids is 1. The van der Waals surface area contributed by atoms with E-state index in [2.05, 4.69) is 0 Å². The molecule has 0 amide bonds. The number of hydrogen-bond donors (Lipinski definition) is 0. The van der Waals surface area contributed by atoms with Gasteiger partial charge in [-0.15, -0.1) is 11.3 Å². The van der Waals surface area contributed by atoms with Crippen LogP contribution in [0.4, 0.5) is 0 Å². The summed E-state index contributed by atoms with van der Waals surface area (Å²) in [7, 11) is 1.69. The van der Waals surface area contributed by atoms with E-state index < -0.39 is 0 Å². The number of rotatable bonds is 3. The molecule has 1 fully saturated rings. The lowest BCUT2D eigenvalue weighted by atomic mass is 9.94. The first-order valence-electron chi connectivity index (χ1n) is 6.42. The summed E-state index contributed by atoms with van der Waals surface area (Å²) in [6.07, 6.45) is 4.14. The van der Waals surface area contributed by atoms with Crippen LogP contribution in [0.25, 0.3) is 0 Å². The summed E-state index contributed by atoms with van der Waals surface area (Å²) in [6, 6.07) is 1.91. The number of hydrogen-bond acceptors (Lipinski definition) is 4. The quantitative estimate of drug-likeness (QED) is 0.787. The number of aryl methyl sites for hydroxylation is 2. The van der Waals surface area contributed by atoms with Gasteiger partial charge in [0, 0.05) is 12.0 Å². The summed E-state index contributed by atoms with van der Waals surface area (Å²) in [5.41, 5.74) is 1.15. The van der Waals surface area contributed by atoms with Crippen molar-refractivity contribution in [3.63, 3.8) is 0 Å². The summed E-state index contributed by atoms with van der Waals surface area (Å²) >= 11 is 1.50. The molecule has 1 aliphatic rings. The molecular formula is C14H20O3S. The van der Waals surface area contributed by atoms with Crippen molar-refractivity contribution < 1.29 is 14.3 Å². The highest BCUT2D eigenvalue weighted by Crippen LogP contribution is 2.26. The van der Waals surface area contributed by atoms with Gasteiger partial charge < -0.3 is 9.47 Å². The molecule has 18 heavy (non-hydrogen) atoms. The summed E-state index contributed by atoms with van der Waals surface area (Å²) in [4.78, 5) is 13.9. The van der Waals surface area contributed by atoms with E-state index in [1.807, 2.05) is 19.9 Å². The third-order valence-electron chi connectivity index (χ3n) is 3.57. The topological polar surface area (TPSA) is 35.5 Å². The highest BCUT2D eigenvalue weighted by Gasteiger charge is 2.29. The Morgan fingerprint density at radius 2 is 1.94 bits per heavy atom. The van der Waals surface area contributed by atoms with E-state index in [9.17, 15) is 4.79 Å². The van der Waals surface area contributed by atoms with Crippen LogP contribution in [0.5, 0.6) is 0 Å². The van der Waals surface area contributed by atoms with Gasteiger partial charge in [-0.3, -0.25) is 0 Å². The van der Waals surface area contributed by atoms with Gasteiger partial charge in [0.25, 0.3) is 0 Å². The van der Waals surface area contributed by atoms with Gasteiger partial charge in [-0.2, -0.15) is 0 Å². The predicted octanol–water partition coefficient (Wildman–Crippen LogP) is 3.48. The second-order valence-electron chi connectivity index (χ2n) is 4.85. The molecule has 0 aliphatic heterocycles. The molecule has 1 aromatic rings. The summed E-state index contributed by atoms with van der Waals surface area (Å²) in [6.45, 7) is 4.04. The van der Waals surface area contributed by atoms with E-state index in [4.69, 9.17) is 9.47 Å². The smallest absolute Gasteiger partial charge is 0.348 e. The van der Waals surface area contributed by atoms with Gasteiger partial charge in [0.1, 0.15) is 11.0 Å². The van der Waals surface area contributed by atoms with Gasteiger partial charge >= 0.3 is 5.97 Å². The van der Waals surface area contributed by atoms with Gasteiger partial charge in [0.2, 0.25) is 0 Å². The van der Waals surface area contributed by atoms with Gasteiger partial charge in [-0.1, -0.05) is 6.42 Å². The molecule has 0 aromatic carbocycles. The molecule has 0 saturated heterocycles. The standard InChI is InChI=1S/C14H20O3S/c1-9-8-13(18-10(9)2)14(15)17-12-7-5-4-6-11(12)16-3/h8,11-12H,4-7H2,1-3H3. The van der Waals surface area contributed by atoms with Gasteiger partial charge in [-0.25, -0.2) is 4.79 Å². The Kier molecular flexibility index (Phi) is 4.40. The van der Waals surface area contributed by atoms with Crippen molar-refractivity contribution in [3.05, 3.63) is 21.4 Å². The molecule has 0 bridgehead atoms. The maximum Gasteiger partial charge on any atom is 0.348 e. The third-order valence-corrected chi connectivity index (χ3v) is 4.70. The molecule has 1 heterocycles. The minimum Gasteiger partial charge on any atom is -0.455 e. The minimum absolute atomic E-state index is 0.0601. The SMILES string of the molecule is COC1CCCCC1OC(=O)c1cc(C)c(C)s1. The van der Waals surface area contributed by atoms with Crippen LogP contribution in [0.3, 0.4) is 0 Å². The van der Waals surface area contributed by atoms with E-state index in [0.29, 0.717) is 4.88 Å². The first kappa shape index (κ1) is 13.6. The molecule has 0 spiro atoms. The number of thiophene rings is 1. The predicted molar refractivity (Wildman–Crippen MR) is 72.3 cm³/mol. The summed E-state index contributed by atoms with van der Waals surface area (Å²) < 4.78 is 11.0. The van der Waals surface area contributed by atoms with Crippen LogP contribution in [0, 0.1) is 13.8 Å². The normalized spacial score (nSPS) is 23.9. The lowest BCUT2D eigenvalue weighted by Gasteiger charge is -2.29. The van der Waals surface area contributed by atoms with E-state index >= 15 is 0 Å². The molecule has 2 rings (SSSR count). The maximum atomic E-state index is 12.1. The Hall–Kier alpha value is -0.870. The van der Waals surface area contributed by atoms with E-state index in [1.54, 1.807) is 7.11 Å². The van der Waals surface area contributed by atoms with Crippen molar-refractivity contribution in [1.82, 2.24) is 0 Å². The largest absolute Gasteiger partial charge is 0.455 e. The highest BCUT2D eigenvalue weighted by molar-refractivity contribution is 7.14. The molecule has 100 valence electrons. The number of carbonyl (C=O) groups is 1. The Labute approximate surface area is 112 Å². The summed E-state index contributed by atoms with van der Waals surface area (Å²) in [5.74, 6) is -0.204. The van der Waals surface area contributed by atoms with Crippen molar-refractivity contribution in [2.24, 2.45) is 0 Å². The van der Waals surface area contributed by atoms with Crippen LogP contribution < -0.4 is 0 Å². The lowest BCUT2D eigenvalue weighted by Crippen LogP contribution is -2.35. The Morgan fingerprint density at radius 3 is 2.50 bits per heavy atom. The average Bonchev–Trinajstić information content (AvgIpc) is 2.70. The molecule has 1 saturated carbocycles. The first-order valence-corrected chi connectivity index (χ1v) is 7.24. The van der Waals surface area contributed by atoms with Crippen LogP contribution in [0.2, 0.25) is 0 Å². The molecule has 0 N–H and O–H groups in total. The maximum absolute atomic E-state index is 12.1. The zero-order valence-electron chi connectivity index (χ0n) is 11.2. The number of methoxy groups -OCH3 is 1. The fourth-order valence-corrected chi connectivity index (χ4v) is 3.25. The zero-order chi connectivity index (χ0) is 13.1. The van der Waals surface area contributed by atoms with Crippen molar-refractivity contribution in [3.8, 4) is 0 Å². The number of ether oxygens (including phenoxy) is 2. The fourth-order valence-electron chi connectivity index (χ4n) is 2.34. The molecule has 2 unspecified atom stereocenters. The third kappa shape index (κ3) is 2.93. The van der Waals surface area contributed by atoms with E-state index in [-0.39, 0.29) is 18.2 Å². The second kappa shape index (κ2) is 5.85. The molecule has 4 heteroatoms. The Balaban J connectivity index is 2.01. The van der Waals surface area contributed by atoms with Gasteiger partial charge in [0.15, 0.2) is 0 Å².